The van der Waals surface area contributed by atoms with Gasteiger partial charge in [0.15, 0.2) is 0 Å². The van der Waals surface area contributed by atoms with E-state index in [4.69, 9.17) is 0 Å². The first kappa shape index (κ1) is 11.0. The van der Waals surface area contributed by atoms with E-state index in [9.17, 15) is 14.0 Å². The van der Waals surface area contributed by atoms with Gasteiger partial charge in [-0.2, -0.15) is 0 Å². The van der Waals surface area contributed by atoms with E-state index in [0.29, 0.717) is 18.4 Å². The Labute approximate surface area is 93.5 Å². The Morgan fingerprint density at radius 2 is 1.75 bits per heavy atom. The fourth-order valence-electron chi connectivity index (χ4n) is 2.15. The van der Waals surface area contributed by atoms with Gasteiger partial charge < -0.3 is 0 Å². The monoisotopic (exact) mass is 220 g/mol. The summed E-state index contributed by atoms with van der Waals surface area (Å²) in [4.78, 5) is 23.4. The summed E-state index contributed by atoms with van der Waals surface area (Å²) in [6, 6.07) is 6.28. The molecule has 1 aromatic rings. The van der Waals surface area contributed by atoms with E-state index in [-0.39, 0.29) is 23.8 Å². The molecule has 0 spiro atoms. The van der Waals surface area contributed by atoms with Gasteiger partial charge in [0, 0.05) is 12.8 Å². The van der Waals surface area contributed by atoms with Crippen molar-refractivity contribution in [2.45, 2.75) is 26.2 Å². The van der Waals surface area contributed by atoms with Crippen LogP contribution in [0.4, 0.5) is 4.39 Å². The van der Waals surface area contributed by atoms with Crippen LogP contribution in [0.1, 0.15) is 25.3 Å². The Kier molecular flexibility index (Phi) is 2.62. The molecule has 2 nitrogen and oxygen atoms in total. The van der Waals surface area contributed by atoms with E-state index in [2.05, 4.69) is 0 Å². The summed E-state index contributed by atoms with van der Waals surface area (Å²) in [5.74, 6) is -0.488. The van der Waals surface area contributed by atoms with Crippen LogP contribution in [0.2, 0.25) is 0 Å². The fraction of sp³-hybridized carbons (Fsp3) is 0.385. The van der Waals surface area contributed by atoms with Crippen molar-refractivity contribution in [1.82, 2.24) is 0 Å². The SMILES string of the molecule is CC1(Cc2ccccc2F)C(=O)CCC1=O. The van der Waals surface area contributed by atoms with Gasteiger partial charge in [-0.25, -0.2) is 4.39 Å². The number of rotatable bonds is 2. The van der Waals surface area contributed by atoms with Gasteiger partial charge in [-0.15, -0.1) is 0 Å². The van der Waals surface area contributed by atoms with Crippen molar-refractivity contribution in [2.24, 2.45) is 5.41 Å². The molecule has 0 N–H and O–H groups in total. The fourth-order valence-corrected chi connectivity index (χ4v) is 2.15. The van der Waals surface area contributed by atoms with Crippen molar-refractivity contribution >= 4 is 11.6 Å². The van der Waals surface area contributed by atoms with Crippen molar-refractivity contribution < 1.29 is 14.0 Å². The van der Waals surface area contributed by atoms with Crippen molar-refractivity contribution in [3.63, 3.8) is 0 Å². The normalized spacial score (nSPS) is 19.1. The number of benzene rings is 1. The molecule has 3 heteroatoms. The summed E-state index contributed by atoms with van der Waals surface area (Å²) < 4.78 is 13.4. The molecular weight excluding hydrogens is 207 g/mol. The lowest BCUT2D eigenvalue weighted by molar-refractivity contribution is -0.133. The van der Waals surface area contributed by atoms with Crippen LogP contribution in [0.15, 0.2) is 24.3 Å². The summed E-state index contributed by atoms with van der Waals surface area (Å²) in [7, 11) is 0. The zero-order valence-electron chi connectivity index (χ0n) is 9.13. The van der Waals surface area contributed by atoms with Gasteiger partial charge in [-0.3, -0.25) is 9.59 Å². The van der Waals surface area contributed by atoms with Crippen molar-refractivity contribution in [3.8, 4) is 0 Å². The summed E-state index contributed by atoms with van der Waals surface area (Å²) >= 11 is 0. The van der Waals surface area contributed by atoms with Crippen LogP contribution in [0, 0.1) is 11.2 Å². The molecule has 0 unspecified atom stereocenters. The molecule has 1 aliphatic carbocycles. The second kappa shape index (κ2) is 3.81. The van der Waals surface area contributed by atoms with Crippen LogP contribution in [0.25, 0.3) is 0 Å². The highest BCUT2D eigenvalue weighted by Gasteiger charge is 2.45. The Morgan fingerprint density at radius 3 is 2.31 bits per heavy atom. The van der Waals surface area contributed by atoms with Gasteiger partial charge in [0.2, 0.25) is 0 Å². The Balaban J connectivity index is 2.31. The van der Waals surface area contributed by atoms with Crippen molar-refractivity contribution in [2.75, 3.05) is 0 Å². The van der Waals surface area contributed by atoms with Gasteiger partial charge in [0.25, 0.3) is 0 Å². The minimum absolute atomic E-state index is 0.0687. The molecular formula is C13H13FO2. The second-order valence-corrected chi connectivity index (χ2v) is 4.45. The van der Waals surface area contributed by atoms with E-state index in [1.807, 2.05) is 0 Å². The van der Waals surface area contributed by atoms with Crippen LogP contribution in [-0.4, -0.2) is 11.6 Å². The number of ketones is 2. The minimum Gasteiger partial charge on any atom is -0.299 e. The number of carbonyl (C=O) groups is 2. The molecule has 16 heavy (non-hydrogen) atoms. The number of carbonyl (C=O) groups excluding carboxylic acids is 2. The molecule has 0 radical (unpaired) electrons. The Hall–Kier alpha value is -1.51. The van der Waals surface area contributed by atoms with Crippen LogP contribution >= 0.6 is 0 Å². The van der Waals surface area contributed by atoms with E-state index in [0.717, 1.165) is 0 Å². The first-order valence-electron chi connectivity index (χ1n) is 5.34. The molecule has 0 atom stereocenters. The van der Waals surface area contributed by atoms with E-state index >= 15 is 0 Å². The smallest absolute Gasteiger partial charge is 0.146 e. The molecule has 0 bridgehead atoms. The minimum atomic E-state index is -1.01. The lowest BCUT2D eigenvalue weighted by Gasteiger charge is -2.20. The molecule has 0 aliphatic heterocycles. The molecule has 0 amide bonds. The number of Topliss-reactive ketones (excluding diaryl/α,β-unsaturated/α-hetero) is 2. The zero-order chi connectivity index (χ0) is 11.8. The van der Waals surface area contributed by atoms with Gasteiger partial charge in [-0.1, -0.05) is 18.2 Å². The molecule has 84 valence electrons. The van der Waals surface area contributed by atoms with Gasteiger partial charge in [0.1, 0.15) is 17.4 Å². The van der Waals surface area contributed by atoms with Crippen molar-refractivity contribution in [3.05, 3.63) is 35.6 Å². The Bertz CT molecular complexity index is 435. The first-order chi connectivity index (χ1) is 7.54. The maximum Gasteiger partial charge on any atom is 0.146 e. The second-order valence-electron chi connectivity index (χ2n) is 4.45. The first-order valence-corrected chi connectivity index (χ1v) is 5.34. The molecule has 1 aromatic carbocycles. The van der Waals surface area contributed by atoms with Crippen LogP contribution in [0.5, 0.6) is 0 Å². The lowest BCUT2D eigenvalue weighted by Crippen LogP contribution is -2.32. The zero-order valence-corrected chi connectivity index (χ0v) is 9.13. The molecule has 1 fully saturated rings. The summed E-state index contributed by atoms with van der Waals surface area (Å²) in [5.41, 5.74) is -0.573. The maximum absolute atomic E-state index is 13.4. The predicted molar refractivity (Wildman–Crippen MR) is 57.5 cm³/mol. The third-order valence-corrected chi connectivity index (χ3v) is 3.31. The third kappa shape index (κ3) is 1.66. The van der Waals surface area contributed by atoms with Gasteiger partial charge in [0.05, 0.1) is 5.41 Å². The quantitative estimate of drug-likeness (QED) is 0.717. The molecule has 1 aliphatic rings. The predicted octanol–water partition coefficient (Wildman–Crippen LogP) is 2.31. The summed E-state index contributed by atoms with van der Waals surface area (Å²) in [6.45, 7) is 1.62. The van der Waals surface area contributed by atoms with Crippen LogP contribution < -0.4 is 0 Å². The number of halogens is 1. The Morgan fingerprint density at radius 1 is 1.19 bits per heavy atom. The maximum atomic E-state index is 13.4. The topological polar surface area (TPSA) is 34.1 Å². The molecule has 1 saturated carbocycles. The molecule has 0 aromatic heterocycles. The molecule has 2 rings (SSSR count). The van der Waals surface area contributed by atoms with Gasteiger partial charge >= 0.3 is 0 Å². The van der Waals surface area contributed by atoms with Crippen molar-refractivity contribution in [1.29, 1.82) is 0 Å². The summed E-state index contributed by atoms with van der Waals surface area (Å²) in [6.07, 6.45) is 0.769. The molecule has 0 saturated heterocycles. The van der Waals surface area contributed by atoms with Crippen LogP contribution in [0.3, 0.4) is 0 Å². The van der Waals surface area contributed by atoms with E-state index < -0.39 is 5.41 Å². The van der Waals surface area contributed by atoms with E-state index in [1.54, 1.807) is 25.1 Å². The van der Waals surface area contributed by atoms with Gasteiger partial charge in [-0.05, 0) is 25.0 Å². The highest BCUT2D eigenvalue weighted by Crippen LogP contribution is 2.34. The highest BCUT2D eigenvalue weighted by molar-refractivity contribution is 6.12. The third-order valence-electron chi connectivity index (χ3n) is 3.31. The highest BCUT2D eigenvalue weighted by atomic mass is 19.1. The largest absolute Gasteiger partial charge is 0.299 e. The summed E-state index contributed by atoms with van der Waals surface area (Å²) in [5, 5.41) is 0. The lowest BCUT2D eigenvalue weighted by atomic mass is 9.80. The van der Waals surface area contributed by atoms with Crippen LogP contribution in [-0.2, 0) is 16.0 Å². The average Bonchev–Trinajstić information content (AvgIpc) is 2.50. The molecule has 0 heterocycles. The standard InChI is InChI=1S/C13H13FO2/c1-13(11(15)6-7-12(13)16)8-9-4-2-3-5-10(9)14/h2-5H,6-8H2,1H3. The number of hydrogen-bond acceptors (Lipinski definition) is 2. The number of hydrogen-bond donors (Lipinski definition) is 0. The van der Waals surface area contributed by atoms with E-state index in [1.165, 1.54) is 6.07 Å². The average molecular weight is 220 g/mol.